The van der Waals surface area contributed by atoms with Crippen molar-refractivity contribution in [3.63, 3.8) is 0 Å². The molecule has 0 bridgehead atoms. The van der Waals surface area contributed by atoms with E-state index in [4.69, 9.17) is 33.7 Å². The van der Waals surface area contributed by atoms with Gasteiger partial charge in [0.1, 0.15) is 5.82 Å². The monoisotopic (exact) mass is 297 g/mol. The highest BCUT2D eigenvalue weighted by Gasteiger charge is 2.06. The summed E-state index contributed by atoms with van der Waals surface area (Å²) >= 11 is 11.9. The fourth-order valence-electron chi connectivity index (χ4n) is 1.50. The summed E-state index contributed by atoms with van der Waals surface area (Å²) in [7, 11) is 0. The number of benzene rings is 1. The molecule has 0 saturated carbocycles. The predicted molar refractivity (Wildman–Crippen MR) is 79.6 cm³/mol. The van der Waals surface area contributed by atoms with E-state index >= 15 is 0 Å². The van der Waals surface area contributed by atoms with Gasteiger partial charge in [-0.2, -0.15) is 4.98 Å². The minimum absolute atomic E-state index is 0.401. The summed E-state index contributed by atoms with van der Waals surface area (Å²) in [5.74, 6) is 0.999. The van der Waals surface area contributed by atoms with Crippen molar-refractivity contribution in [2.45, 2.75) is 6.92 Å². The highest BCUT2D eigenvalue weighted by atomic mass is 35.5. The fraction of sp³-hybridized carbons (Fsp3) is 0.154. The Kier molecular flexibility index (Phi) is 4.35. The Bertz CT molecular complexity index is 590. The van der Waals surface area contributed by atoms with E-state index in [-0.39, 0.29) is 0 Å². The largest absolute Gasteiger partial charge is 0.476 e. The third-order valence-electron chi connectivity index (χ3n) is 2.36. The Morgan fingerprint density at radius 1 is 1.26 bits per heavy atom. The quantitative estimate of drug-likeness (QED) is 0.891. The van der Waals surface area contributed by atoms with Crippen molar-refractivity contribution in [1.29, 1.82) is 0 Å². The second kappa shape index (κ2) is 5.99. The van der Waals surface area contributed by atoms with Gasteiger partial charge in [0.15, 0.2) is 0 Å². The lowest BCUT2D eigenvalue weighted by molar-refractivity contribution is 0.329. The zero-order valence-corrected chi connectivity index (χ0v) is 11.8. The predicted octanol–water partition coefficient (Wildman–Crippen LogP) is 4.11. The smallest absolute Gasteiger partial charge is 0.239 e. The first-order chi connectivity index (χ1) is 9.10. The van der Waals surface area contributed by atoms with Crippen LogP contribution in [0.15, 0.2) is 30.3 Å². The molecule has 19 heavy (non-hydrogen) atoms. The Hall–Kier alpha value is -1.65. The molecule has 1 aromatic carbocycles. The number of halogens is 2. The molecule has 1 aromatic heterocycles. The summed E-state index contributed by atoms with van der Waals surface area (Å²) in [5.41, 5.74) is 6.97. The maximum atomic E-state index is 6.08. The van der Waals surface area contributed by atoms with Crippen molar-refractivity contribution in [2.75, 3.05) is 17.7 Å². The molecule has 0 radical (unpaired) electrons. The number of hydrogen-bond acceptors (Lipinski definition) is 4. The normalized spacial score (nSPS) is 10.3. The van der Waals surface area contributed by atoms with Gasteiger partial charge in [0.25, 0.3) is 0 Å². The van der Waals surface area contributed by atoms with Crippen molar-refractivity contribution >= 4 is 40.4 Å². The van der Waals surface area contributed by atoms with Crippen LogP contribution in [0.5, 0.6) is 5.88 Å². The molecule has 2 aromatic rings. The minimum Gasteiger partial charge on any atom is -0.476 e. The van der Waals surface area contributed by atoms with E-state index in [1.807, 2.05) is 6.92 Å². The zero-order valence-electron chi connectivity index (χ0n) is 10.3. The van der Waals surface area contributed by atoms with Crippen molar-refractivity contribution in [2.24, 2.45) is 0 Å². The summed E-state index contributed by atoms with van der Waals surface area (Å²) in [6.45, 7) is 2.37. The van der Waals surface area contributed by atoms with Crippen LogP contribution in [-0.4, -0.2) is 11.6 Å². The van der Waals surface area contributed by atoms with Crippen molar-refractivity contribution in [1.82, 2.24) is 4.98 Å². The van der Waals surface area contributed by atoms with Crippen LogP contribution in [0.1, 0.15) is 6.92 Å². The van der Waals surface area contributed by atoms with E-state index in [0.717, 1.165) is 0 Å². The summed E-state index contributed by atoms with van der Waals surface area (Å²) in [6.07, 6.45) is 0. The molecule has 6 heteroatoms. The van der Waals surface area contributed by atoms with Gasteiger partial charge in [-0.15, -0.1) is 0 Å². The number of nitrogens with two attached hydrogens (primary N) is 1. The van der Waals surface area contributed by atoms with Crippen LogP contribution in [0.2, 0.25) is 10.0 Å². The van der Waals surface area contributed by atoms with E-state index in [9.17, 15) is 0 Å². The van der Waals surface area contributed by atoms with Crippen LogP contribution >= 0.6 is 23.2 Å². The van der Waals surface area contributed by atoms with Gasteiger partial charge in [0.05, 0.1) is 23.0 Å². The molecule has 0 aliphatic rings. The molecule has 0 saturated heterocycles. The van der Waals surface area contributed by atoms with Gasteiger partial charge in [-0.1, -0.05) is 23.2 Å². The topological polar surface area (TPSA) is 60.2 Å². The van der Waals surface area contributed by atoms with Crippen LogP contribution < -0.4 is 15.8 Å². The summed E-state index contributed by atoms with van der Waals surface area (Å²) < 4.78 is 5.33. The molecule has 0 atom stereocenters. The Morgan fingerprint density at radius 2 is 2.05 bits per heavy atom. The Labute approximate surface area is 121 Å². The van der Waals surface area contributed by atoms with Gasteiger partial charge in [-0.05, 0) is 37.3 Å². The van der Waals surface area contributed by atoms with Crippen LogP contribution in [0.25, 0.3) is 0 Å². The first-order valence-electron chi connectivity index (χ1n) is 5.71. The van der Waals surface area contributed by atoms with Crippen LogP contribution in [0.4, 0.5) is 17.2 Å². The number of nitrogen functional groups attached to an aromatic ring is 1. The lowest BCUT2D eigenvalue weighted by Gasteiger charge is -2.11. The lowest BCUT2D eigenvalue weighted by Crippen LogP contribution is -2.02. The van der Waals surface area contributed by atoms with Crippen LogP contribution in [0.3, 0.4) is 0 Å². The Balaban J connectivity index is 2.25. The van der Waals surface area contributed by atoms with E-state index in [1.165, 1.54) is 0 Å². The second-order valence-electron chi connectivity index (χ2n) is 3.77. The molecule has 1 heterocycles. The fourth-order valence-corrected chi connectivity index (χ4v) is 1.96. The number of hydrogen-bond donors (Lipinski definition) is 2. The number of aromatic nitrogens is 1. The molecule has 0 unspecified atom stereocenters. The van der Waals surface area contributed by atoms with Gasteiger partial charge in [0.2, 0.25) is 5.88 Å². The number of ether oxygens (including phenoxy) is 1. The molecular formula is C13H13Cl2N3O. The second-order valence-corrected chi connectivity index (χ2v) is 4.62. The van der Waals surface area contributed by atoms with E-state index in [1.54, 1.807) is 30.3 Å². The van der Waals surface area contributed by atoms with Gasteiger partial charge in [-0.25, -0.2) is 0 Å². The molecule has 100 valence electrons. The van der Waals surface area contributed by atoms with E-state index < -0.39 is 0 Å². The molecule has 0 fully saturated rings. The maximum Gasteiger partial charge on any atom is 0.239 e. The molecular weight excluding hydrogens is 285 g/mol. The summed E-state index contributed by atoms with van der Waals surface area (Å²) in [5, 5.41) is 4.19. The van der Waals surface area contributed by atoms with Crippen molar-refractivity contribution in [3.05, 3.63) is 40.4 Å². The average Bonchev–Trinajstić information content (AvgIpc) is 2.37. The molecule has 4 nitrogen and oxygen atoms in total. The highest BCUT2D eigenvalue weighted by molar-refractivity contribution is 6.36. The zero-order chi connectivity index (χ0) is 13.8. The standard InChI is InChI=1S/C13H13Cl2N3O/c1-2-19-13-10(16)4-6-12(18-13)17-11-5-3-8(14)7-9(11)15/h3-7H,2,16H2,1H3,(H,17,18). The third kappa shape index (κ3) is 3.43. The number of pyridine rings is 1. The molecule has 2 rings (SSSR count). The van der Waals surface area contributed by atoms with Gasteiger partial charge in [-0.3, -0.25) is 0 Å². The van der Waals surface area contributed by atoms with E-state index in [0.29, 0.717) is 39.7 Å². The van der Waals surface area contributed by atoms with Gasteiger partial charge >= 0.3 is 0 Å². The van der Waals surface area contributed by atoms with Crippen LogP contribution in [-0.2, 0) is 0 Å². The molecule has 3 N–H and O–H groups in total. The number of nitrogens with zero attached hydrogens (tertiary/aromatic N) is 1. The van der Waals surface area contributed by atoms with Crippen molar-refractivity contribution < 1.29 is 4.74 Å². The number of rotatable bonds is 4. The maximum absolute atomic E-state index is 6.08. The molecule has 0 aliphatic carbocycles. The van der Waals surface area contributed by atoms with Crippen molar-refractivity contribution in [3.8, 4) is 5.88 Å². The van der Waals surface area contributed by atoms with Gasteiger partial charge < -0.3 is 15.8 Å². The van der Waals surface area contributed by atoms with Gasteiger partial charge in [0, 0.05) is 5.02 Å². The first-order valence-corrected chi connectivity index (χ1v) is 6.47. The van der Waals surface area contributed by atoms with E-state index in [2.05, 4.69) is 10.3 Å². The minimum atomic E-state index is 0.401. The third-order valence-corrected chi connectivity index (χ3v) is 2.91. The highest BCUT2D eigenvalue weighted by Crippen LogP contribution is 2.29. The molecule has 0 aliphatic heterocycles. The van der Waals surface area contributed by atoms with Crippen LogP contribution in [0, 0.1) is 0 Å². The summed E-state index contributed by atoms with van der Waals surface area (Å²) in [6, 6.07) is 8.67. The first kappa shape index (κ1) is 13.8. The average molecular weight is 298 g/mol. The number of anilines is 3. The SMILES string of the molecule is CCOc1nc(Nc2ccc(Cl)cc2Cl)ccc1N. The molecule has 0 amide bonds. The number of nitrogens with one attached hydrogen (secondary N) is 1. The Morgan fingerprint density at radius 3 is 2.74 bits per heavy atom. The molecule has 0 spiro atoms. The summed E-state index contributed by atoms with van der Waals surface area (Å²) in [4.78, 5) is 4.27. The lowest BCUT2D eigenvalue weighted by atomic mass is 10.3.